The molecule has 2 N–H and O–H groups in total. The van der Waals surface area contributed by atoms with Gasteiger partial charge in [0, 0.05) is 36.8 Å². The Morgan fingerprint density at radius 3 is 2.64 bits per heavy atom. The summed E-state index contributed by atoms with van der Waals surface area (Å²) in [6.45, 7) is 7.84. The lowest BCUT2D eigenvalue weighted by atomic mass is 9.85. The van der Waals surface area contributed by atoms with Crippen LogP contribution in [-0.4, -0.2) is 72.4 Å². The van der Waals surface area contributed by atoms with Crippen molar-refractivity contribution in [2.45, 2.75) is 65.1 Å². The van der Waals surface area contributed by atoms with Crippen LogP contribution in [0.5, 0.6) is 11.5 Å². The lowest BCUT2D eigenvalue weighted by Crippen LogP contribution is -2.45. The number of nitrogens with zero attached hydrogens (tertiary/aromatic N) is 6. The summed E-state index contributed by atoms with van der Waals surface area (Å²) < 4.78 is 13.1. The van der Waals surface area contributed by atoms with Crippen molar-refractivity contribution in [1.29, 1.82) is 0 Å². The normalized spacial score (nSPS) is 21.4. The summed E-state index contributed by atoms with van der Waals surface area (Å²) in [5.74, 6) is 3.44. The van der Waals surface area contributed by atoms with Crippen LogP contribution in [0.2, 0.25) is 0 Å². The zero-order valence-electron chi connectivity index (χ0n) is 24.0. The molecule has 3 aliphatic heterocycles. The Labute approximate surface area is 243 Å². The fraction of sp³-hybridized carbons (Fsp3) is 0.500. The van der Waals surface area contributed by atoms with E-state index in [1.165, 1.54) is 4.90 Å². The first kappa shape index (κ1) is 26.5. The molecule has 12 nitrogen and oxygen atoms in total. The van der Waals surface area contributed by atoms with Gasteiger partial charge in [0.05, 0.1) is 24.0 Å². The monoisotopic (exact) mass is 573 g/mol. The summed E-state index contributed by atoms with van der Waals surface area (Å²) in [4.78, 5) is 42.9. The number of benzene rings is 1. The number of hydrogen-bond donors (Lipinski definition) is 2. The highest BCUT2D eigenvalue weighted by atomic mass is 16.7. The van der Waals surface area contributed by atoms with E-state index in [0.717, 1.165) is 43.5 Å². The summed E-state index contributed by atoms with van der Waals surface area (Å²) in [5, 5.41) is 13.6. The summed E-state index contributed by atoms with van der Waals surface area (Å²) in [6, 6.07) is 7.10. The molecule has 3 aromatic rings. The van der Waals surface area contributed by atoms with Crippen LogP contribution in [0, 0.1) is 11.3 Å². The number of carbonyl (C=O) groups is 2. The van der Waals surface area contributed by atoms with Crippen molar-refractivity contribution in [1.82, 2.24) is 29.3 Å². The second-order valence-corrected chi connectivity index (χ2v) is 12.6. The number of likely N-dealkylation sites (tertiary alicyclic amines) is 1. The minimum Gasteiger partial charge on any atom is -0.465 e. The first-order valence-electron chi connectivity index (χ1n) is 14.6. The number of fused-ring (bicyclic) bond motifs is 2. The van der Waals surface area contributed by atoms with Crippen molar-refractivity contribution in [3.63, 3.8) is 0 Å². The molecular weight excluding hydrogens is 538 g/mol. The van der Waals surface area contributed by atoms with Crippen molar-refractivity contribution in [2.75, 3.05) is 25.2 Å². The molecule has 12 heteroatoms. The minimum absolute atomic E-state index is 0.0475. The Morgan fingerprint density at radius 1 is 1.07 bits per heavy atom. The van der Waals surface area contributed by atoms with Gasteiger partial charge in [-0.15, -0.1) is 0 Å². The van der Waals surface area contributed by atoms with Gasteiger partial charge in [-0.05, 0) is 55.4 Å². The molecule has 2 aromatic heterocycles. The molecule has 0 bridgehead atoms. The van der Waals surface area contributed by atoms with Crippen molar-refractivity contribution in [3.05, 3.63) is 41.9 Å². The minimum atomic E-state index is -0.989. The van der Waals surface area contributed by atoms with E-state index >= 15 is 0 Å². The molecular formula is C30H35N7O5. The second-order valence-electron chi connectivity index (χ2n) is 12.6. The van der Waals surface area contributed by atoms with Crippen LogP contribution in [0.4, 0.5) is 10.7 Å². The highest BCUT2D eigenvalue weighted by Gasteiger charge is 2.45. The Hall–Kier alpha value is -4.35. The quantitative estimate of drug-likeness (QED) is 0.454. The van der Waals surface area contributed by atoms with Gasteiger partial charge in [0.15, 0.2) is 11.5 Å². The van der Waals surface area contributed by atoms with Crippen LogP contribution >= 0.6 is 0 Å². The maximum atomic E-state index is 12.7. The molecule has 1 aliphatic carbocycles. The maximum Gasteiger partial charge on any atom is 0.408 e. The van der Waals surface area contributed by atoms with E-state index in [4.69, 9.17) is 19.4 Å². The lowest BCUT2D eigenvalue weighted by molar-refractivity contribution is -0.133. The molecule has 7 rings (SSSR count). The molecule has 2 fully saturated rings. The first-order chi connectivity index (χ1) is 20.2. The average molecular weight is 574 g/mol. The number of piperidine rings is 1. The molecule has 0 spiro atoms. The Kier molecular flexibility index (Phi) is 6.25. The van der Waals surface area contributed by atoms with Gasteiger partial charge in [-0.2, -0.15) is 4.98 Å². The van der Waals surface area contributed by atoms with Gasteiger partial charge in [0.2, 0.25) is 18.6 Å². The third-order valence-corrected chi connectivity index (χ3v) is 8.45. The van der Waals surface area contributed by atoms with E-state index in [-0.39, 0.29) is 31.2 Å². The number of carbonyl (C=O) groups excluding carboxylic acids is 1. The number of nitrogens with one attached hydrogen (secondary N) is 1. The largest absolute Gasteiger partial charge is 0.465 e. The van der Waals surface area contributed by atoms with E-state index in [1.807, 2.05) is 54.5 Å². The Balaban J connectivity index is 1.27. The van der Waals surface area contributed by atoms with Gasteiger partial charge in [-0.3, -0.25) is 14.3 Å². The summed E-state index contributed by atoms with van der Waals surface area (Å²) in [5.41, 5.74) is 1.90. The molecule has 4 aliphatic rings. The van der Waals surface area contributed by atoms with Crippen LogP contribution in [0.1, 0.15) is 63.9 Å². The van der Waals surface area contributed by atoms with Gasteiger partial charge in [-0.25, -0.2) is 14.8 Å². The van der Waals surface area contributed by atoms with Crippen molar-refractivity contribution in [2.24, 2.45) is 11.3 Å². The Morgan fingerprint density at radius 2 is 1.88 bits per heavy atom. The molecule has 1 saturated carbocycles. The molecule has 2 unspecified atom stereocenters. The number of anilines is 1. The van der Waals surface area contributed by atoms with Crippen LogP contribution in [0.3, 0.4) is 0 Å². The lowest BCUT2D eigenvalue weighted by Gasteiger charge is -2.33. The first-order valence-corrected chi connectivity index (χ1v) is 14.6. The number of rotatable bonds is 5. The predicted octanol–water partition coefficient (Wildman–Crippen LogP) is 4.45. The summed E-state index contributed by atoms with van der Waals surface area (Å²) in [7, 11) is 0. The van der Waals surface area contributed by atoms with Crippen LogP contribution < -0.4 is 14.8 Å². The number of aromatic nitrogens is 4. The number of hydrogen-bond acceptors (Lipinski definition) is 8. The predicted molar refractivity (Wildman–Crippen MR) is 152 cm³/mol. The van der Waals surface area contributed by atoms with Gasteiger partial charge in [-0.1, -0.05) is 20.8 Å². The zero-order valence-corrected chi connectivity index (χ0v) is 24.0. The molecule has 1 saturated heterocycles. The fourth-order valence-corrected chi connectivity index (χ4v) is 6.38. The SMILES string of the molecule is CC(C)(C)C1c2nc(-c3ccc4c(c3)OCO4)n(-c3ccnc(NC4CCCN(C(=O)C5CC5)C4)n3)c2CN1C(=O)O. The summed E-state index contributed by atoms with van der Waals surface area (Å²) >= 11 is 0. The molecule has 2 amide bonds. The smallest absolute Gasteiger partial charge is 0.408 e. The topological polar surface area (TPSA) is 135 Å². The molecule has 0 radical (unpaired) electrons. The third kappa shape index (κ3) is 4.68. The average Bonchev–Trinajstić information content (AvgIpc) is 3.40. The molecule has 42 heavy (non-hydrogen) atoms. The number of amides is 2. The second kappa shape index (κ2) is 9.88. The van der Waals surface area contributed by atoms with E-state index in [1.54, 1.807) is 6.20 Å². The third-order valence-electron chi connectivity index (χ3n) is 8.45. The zero-order chi connectivity index (χ0) is 29.2. The highest BCUT2D eigenvalue weighted by molar-refractivity contribution is 5.81. The molecule has 220 valence electrons. The van der Waals surface area contributed by atoms with Crippen molar-refractivity contribution < 1.29 is 24.2 Å². The number of imidazole rings is 1. The highest BCUT2D eigenvalue weighted by Crippen LogP contribution is 2.47. The van der Waals surface area contributed by atoms with Gasteiger partial charge < -0.3 is 24.8 Å². The van der Waals surface area contributed by atoms with Gasteiger partial charge in [0.1, 0.15) is 11.6 Å². The van der Waals surface area contributed by atoms with E-state index in [0.29, 0.717) is 41.3 Å². The van der Waals surface area contributed by atoms with E-state index < -0.39 is 17.6 Å². The molecule has 2 atom stereocenters. The number of ether oxygens (including phenoxy) is 2. The summed E-state index contributed by atoms with van der Waals surface area (Å²) in [6.07, 6.45) is 4.55. The maximum absolute atomic E-state index is 12.7. The standard InChI is InChI=1S/C30H35N7O5/c1-30(2,3)25-24-20(15-36(25)29(39)40)37(26(34-24)18-8-9-21-22(13-18)42-16-41-21)23-10-11-31-28(33-23)32-19-5-4-12-35(14-19)27(38)17-6-7-17/h8-11,13,17,19,25H,4-7,12,14-16H2,1-3H3,(H,39,40)(H,31,32,33). The van der Waals surface area contributed by atoms with Crippen molar-refractivity contribution >= 4 is 17.9 Å². The number of carboxylic acid groups (broad SMARTS) is 1. The molecule has 5 heterocycles. The fourth-order valence-electron chi connectivity index (χ4n) is 6.38. The van der Waals surface area contributed by atoms with Crippen LogP contribution in [-0.2, 0) is 11.3 Å². The Bertz CT molecular complexity index is 1560. The van der Waals surface area contributed by atoms with Crippen LogP contribution in [0.15, 0.2) is 30.5 Å². The van der Waals surface area contributed by atoms with Gasteiger partial charge >= 0.3 is 6.09 Å². The molecule has 1 aromatic carbocycles. The van der Waals surface area contributed by atoms with E-state index in [9.17, 15) is 14.7 Å². The van der Waals surface area contributed by atoms with Gasteiger partial charge in [0.25, 0.3) is 0 Å². The van der Waals surface area contributed by atoms with Crippen LogP contribution in [0.25, 0.3) is 17.2 Å². The van der Waals surface area contributed by atoms with E-state index in [2.05, 4.69) is 10.3 Å². The van der Waals surface area contributed by atoms with Crippen molar-refractivity contribution in [3.8, 4) is 28.7 Å².